The van der Waals surface area contributed by atoms with Gasteiger partial charge in [0.2, 0.25) is 23.6 Å². The van der Waals surface area contributed by atoms with Crippen LogP contribution in [0.1, 0.15) is 86.7 Å². The van der Waals surface area contributed by atoms with Crippen LogP contribution in [-0.2, 0) is 69.5 Å². The summed E-state index contributed by atoms with van der Waals surface area (Å²) >= 11 is 0. The number of piperidine rings is 1. The number of nitrogens with zero attached hydrogens (tertiary/aromatic N) is 7. The average Bonchev–Trinajstić information content (AvgIpc) is 1.60. The number of carboxylic acid groups (broad SMARTS) is 1. The lowest BCUT2D eigenvalue weighted by molar-refractivity contribution is -0.136. The van der Waals surface area contributed by atoms with Crippen LogP contribution in [0, 0.1) is 6.92 Å². The van der Waals surface area contributed by atoms with E-state index in [-0.39, 0.29) is 86.6 Å². The number of hydrogen-bond donors (Lipinski definition) is 4. The molecule has 2 aromatic heterocycles. The summed E-state index contributed by atoms with van der Waals surface area (Å²) in [5, 5.41) is 26.5. The van der Waals surface area contributed by atoms with Crippen molar-refractivity contribution < 1.29 is 76.6 Å². The first kappa shape index (κ1) is 68.6. The summed E-state index contributed by atoms with van der Waals surface area (Å²) in [5.74, 6) is -2.96. The van der Waals surface area contributed by atoms with E-state index in [2.05, 4.69) is 43.9 Å². The molecule has 97 heavy (non-hydrogen) atoms. The number of aryl methyl sites for hydroxylation is 3. The van der Waals surface area contributed by atoms with Gasteiger partial charge in [0.1, 0.15) is 42.3 Å². The Morgan fingerprint density at radius 2 is 1.39 bits per heavy atom. The molecule has 0 saturated carbocycles. The maximum Gasteiger partial charge on any atom is 0.352 e. The van der Waals surface area contributed by atoms with Gasteiger partial charge in [0.15, 0.2) is 6.61 Å². The molecular formula is C71H82N10O16. The highest BCUT2D eigenvalue weighted by molar-refractivity contribution is 6.24. The van der Waals surface area contributed by atoms with E-state index in [1.54, 1.807) is 4.90 Å². The molecule has 512 valence electrons. The van der Waals surface area contributed by atoms with E-state index in [0.29, 0.717) is 110 Å². The normalized spacial score (nSPS) is 15.9. The average molecular weight is 1330 g/mol. The lowest BCUT2D eigenvalue weighted by Gasteiger charge is -2.36. The number of anilines is 1. The van der Waals surface area contributed by atoms with Gasteiger partial charge in [0.25, 0.3) is 17.7 Å². The third-order valence-electron chi connectivity index (χ3n) is 17.8. The zero-order valence-corrected chi connectivity index (χ0v) is 54.7. The van der Waals surface area contributed by atoms with E-state index < -0.39 is 48.2 Å². The number of rotatable bonds is 33. The Hall–Kier alpha value is -9.73. The number of aromatic nitrogens is 3. The summed E-state index contributed by atoms with van der Waals surface area (Å²) in [6.07, 6.45) is 1.88. The first-order valence-electron chi connectivity index (χ1n) is 33.0. The van der Waals surface area contributed by atoms with Gasteiger partial charge in [-0.2, -0.15) is 5.10 Å². The van der Waals surface area contributed by atoms with Gasteiger partial charge < -0.3 is 63.3 Å². The van der Waals surface area contributed by atoms with E-state index in [0.717, 1.165) is 79.2 Å². The van der Waals surface area contributed by atoms with Crippen molar-refractivity contribution >= 4 is 74.7 Å². The van der Waals surface area contributed by atoms with Gasteiger partial charge in [-0.3, -0.25) is 53.4 Å². The Kier molecular flexibility index (Phi) is 23.2. The minimum absolute atomic E-state index is 0.00523. The molecule has 1 unspecified atom stereocenters. The van der Waals surface area contributed by atoms with Crippen molar-refractivity contribution in [3.05, 3.63) is 137 Å². The maximum absolute atomic E-state index is 13.5. The molecule has 7 amide bonds. The second kappa shape index (κ2) is 32.8. The van der Waals surface area contributed by atoms with Crippen LogP contribution in [0.15, 0.2) is 103 Å². The SMILES string of the molecule is Cc1nn(C)c(COc2ccc(N3CCN(C(=O)CCC(=O)NCCCOCCOCCOCNC(=O)COc4cccc5c4C(=O)N(C4CCC(=O)NC4=O)C5=O)CC3)cc2)c1-c1cccc2c(CCCOc3cccc4ccccc34)c(C(=O)O)n(CCN3CCOCC3)c12. The summed E-state index contributed by atoms with van der Waals surface area (Å²) in [7, 11) is 1.90. The Labute approximate surface area is 560 Å². The second-order valence-corrected chi connectivity index (χ2v) is 24.0. The van der Waals surface area contributed by atoms with Gasteiger partial charge >= 0.3 is 5.97 Å². The Bertz CT molecular complexity index is 4000. The van der Waals surface area contributed by atoms with Gasteiger partial charge in [-0.25, -0.2) is 4.79 Å². The van der Waals surface area contributed by atoms with E-state index in [4.69, 9.17) is 38.3 Å². The standard InChI is InChI=1S/C71H82N10O16/c1-47-64(54-14-6-13-52-53(16-8-37-95-58-17-5-11-48-10-3-4-12-51(48)58)67(71(89)90)80(66(52)54)33-28-77-34-38-92-39-35-77)57(76(2)75-47)44-96-50-21-19-49(20-22-50)78-29-31-79(32-30-78)63(85)26-25-60(82)72-27-9-36-91-40-41-93-42-43-94-46-73-62(84)45-97-59-18-7-15-55-65(59)70(88)81(69(55)87)56-23-24-61(83)74-68(56)86/h3-7,10-15,17-22,56H,8-9,16,23-46H2,1-2H3,(H,72,82)(H,73,84)(H,89,90)(H,74,83,86). The van der Waals surface area contributed by atoms with Crippen molar-refractivity contribution in [1.82, 2.24) is 45.0 Å². The molecule has 0 radical (unpaired) electrons. The van der Waals surface area contributed by atoms with Crippen LogP contribution < -0.4 is 35.1 Å². The van der Waals surface area contributed by atoms with Crippen LogP contribution in [0.2, 0.25) is 0 Å². The number of carboxylic acids is 1. The van der Waals surface area contributed by atoms with E-state index in [1.165, 1.54) is 18.2 Å². The number of piperazine rings is 1. The Morgan fingerprint density at radius 1 is 0.680 bits per heavy atom. The highest BCUT2D eigenvalue weighted by atomic mass is 16.5. The van der Waals surface area contributed by atoms with Gasteiger partial charge in [-0.15, -0.1) is 0 Å². The summed E-state index contributed by atoms with van der Waals surface area (Å²) < 4.78 is 44.5. The van der Waals surface area contributed by atoms with Crippen molar-refractivity contribution in [2.24, 2.45) is 7.05 Å². The van der Waals surface area contributed by atoms with Crippen molar-refractivity contribution in [3.63, 3.8) is 0 Å². The van der Waals surface area contributed by atoms with Crippen LogP contribution in [0.25, 0.3) is 32.8 Å². The topological polar surface area (TPSA) is 293 Å². The van der Waals surface area contributed by atoms with Crippen molar-refractivity contribution in [3.8, 4) is 28.4 Å². The molecule has 3 fully saturated rings. The molecule has 6 heterocycles. The highest BCUT2D eigenvalue weighted by Gasteiger charge is 2.46. The number of amides is 7. The molecule has 0 aliphatic carbocycles. The second-order valence-electron chi connectivity index (χ2n) is 24.0. The molecular weight excluding hydrogens is 1250 g/mol. The zero-order valence-electron chi connectivity index (χ0n) is 54.7. The minimum atomic E-state index is -1.13. The predicted octanol–water partition coefficient (Wildman–Crippen LogP) is 5.66. The van der Waals surface area contributed by atoms with Crippen LogP contribution >= 0.6 is 0 Å². The Balaban J connectivity index is 0.567. The molecule has 7 aromatic rings. The third kappa shape index (κ3) is 16.7. The lowest BCUT2D eigenvalue weighted by Crippen LogP contribution is -2.54. The first-order chi connectivity index (χ1) is 47.2. The number of ether oxygens (including phenoxy) is 7. The van der Waals surface area contributed by atoms with Crippen LogP contribution in [0.5, 0.6) is 17.2 Å². The lowest BCUT2D eigenvalue weighted by atomic mass is 9.98. The molecule has 5 aromatic carbocycles. The summed E-state index contributed by atoms with van der Waals surface area (Å²) in [6, 6.07) is 31.4. The van der Waals surface area contributed by atoms with E-state index >= 15 is 0 Å². The maximum atomic E-state index is 13.5. The third-order valence-corrected chi connectivity index (χ3v) is 17.8. The number of para-hydroxylation sites is 1. The molecule has 11 rings (SSSR count). The summed E-state index contributed by atoms with van der Waals surface area (Å²) in [4.78, 5) is 109. The van der Waals surface area contributed by atoms with E-state index in [1.807, 2.05) is 90.0 Å². The summed E-state index contributed by atoms with van der Waals surface area (Å²) in [6.45, 7) is 10.1. The summed E-state index contributed by atoms with van der Waals surface area (Å²) in [5.41, 5.74) is 6.32. The van der Waals surface area contributed by atoms with Gasteiger partial charge in [-0.05, 0) is 86.0 Å². The minimum Gasteiger partial charge on any atom is -0.493 e. The number of hydrogen-bond acceptors (Lipinski definition) is 18. The number of imide groups is 2. The van der Waals surface area contributed by atoms with Crippen LogP contribution in [0.4, 0.5) is 5.69 Å². The van der Waals surface area contributed by atoms with Gasteiger partial charge in [0, 0.05) is 119 Å². The van der Waals surface area contributed by atoms with Crippen molar-refractivity contribution in [1.29, 1.82) is 0 Å². The smallest absolute Gasteiger partial charge is 0.352 e. The molecule has 0 bridgehead atoms. The van der Waals surface area contributed by atoms with Crippen molar-refractivity contribution in [2.75, 3.05) is 123 Å². The molecule has 26 nitrogen and oxygen atoms in total. The molecule has 4 N–H and O–H groups in total. The molecule has 1 atom stereocenters. The number of nitrogens with one attached hydrogen (secondary N) is 3. The Morgan fingerprint density at radius 3 is 2.18 bits per heavy atom. The molecule has 0 spiro atoms. The monoisotopic (exact) mass is 1330 g/mol. The molecule has 4 aliphatic heterocycles. The van der Waals surface area contributed by atoms with Gasteiger partial charge in [-0.1, -0.05) is 60.7 Å². The quantitative estimate of drug-likeness (QED) is 0.0219. The number of carbonyl (C=O) groups is 8. The van der Waals surface area contributed by atoms with Crippen LogP contribution in [0.3, 0.4) is 0 Å². The fourth-order valence-electron chi connectivity index (χ4n) is 12.9. The molecule has 4 aliphatic rings. The molecule has 26 heteroatoms. The fraction of sp³-hybridized carbons (Fsp3) is 0.423. The van der Waals surface area contributed by atoms with Crippen molar-refractivity contribution in [2.45, 2.75) is 71.1 Å². The fourth-order valence-corrected chi connectivity index (χ4v) is 12.9. The predicted molar refractivity (Wildman–Crippen MR) is 356 cm³/mol. The number of carbonyl (C=O) groups excluding carboxylic acids is 7. The largest absolute Gasteiger partial charge is 0.493 e. The first-order valence-corrected chi connectivity index (χ1v) is 33.0. The highest BCUT2D eigenvalue weighted by Crippen LogP contribution is 2.40. The number of fused-ring (bicyclic) bond motifs is 3. The number of benzene rings is 5. The number of aromatic carboxylic acids is 1. The van der Waals surface area contributed by atoms with E-state index in [9.17, 15) is 43.5 Å². The van der Waals surface area contributed by atoms with Gasteiger partial charge in [0.05, 0.1) is 74.3 Å². The van der Waals surface area contributed by atoms with Crippen LogP contribution in [-0.4, -0.2) is 206 Å². The molecule has 3 saturated heterocycles. The number of morpholine rings is 1. The zero-order chi connectivity index (χ0) is 67.8.